The summed E-state index contributed by atoms with van der Waals surface area (Å²) < 4.78 is 0. The third kappa shape index (κ3) is 2.27. The SMILES string of the molecule is O=Cc1cnc(-c2ccccc2N(O)O)nc1. The van der Waals surface area contributed by atoms with Crippen LogP contribution < -0.4 is 5.23 Å². The van der Waals surface area contributed by atoms with E-state index in [1.165, 1.54) is 18.5 Å². The van der Waals surface area contributed by atoms with Crippen LogP contribution in [0.3, 0.4) is 0 Å². The fourth-order valence-corrected chi connectivity index (χ4v) is 1.38. The largest absolute Gasteiger partial charge is 0.298 e. The summed E-state index contributed by atoms with van der Waals surface area (Å²) in [5.74, 6) is 0.305. The highest BCUT2D eigenvalue weighted by molar-refractivity contribution is 5.76. The van der Waals surface area contributed by atoms with Crippen molar-refractivity contribution in [1.82, 2.24) is 9.97 Å². The number of para-hydroxylation sites is 1. The summed E-state index contributed by atoms with van der Waals surface area (Å²) in [7, 11) is 0. The third-order valence-electron chi connectivity index (χ3n) is 2.17. The molecule has 0 aliphatic carbocycles. The summed E-state index contributed by atoms with van der Waals surface area (Å²) >= 11 is 0. The number of hydrogen-bond donors (Lipinski definition) is 2. The Labute approximate surface area is 96.7 Å². The molecule has 0 amide bonds. The highest BCUT2D eigenvalue weighted by Gasteiger charge is 2.10. The van der Waals surface area contributed by atoms with Gasteiger partial charge < -0.3 is 0 Å². The number of carbonyl (C=O) groups excluding carboxylic acids is 1. The van der Waals surface area contributed by atoms with E-state index in [0.29, 0.717) is 23.2 Å². The zero-order valence-corrected chi connectivity index (χ0v) is 8.69. The minimum atomic E-state index is 0.00628. The normalized spacial score (nSPS) is 10.0. The first-order chi connectivity index (χ1) is 8.22. The van der Waals surface area contributed by atoms with Crippen LogP contribution in [0, 0.1) is 0 Å². The lowest BCUT2D eigenvalue weighted by Crippen LogP contribution is -2.12. The molecular weight excluding hydrogens is 222 g/mol. The van der Waals surface area contributed by atoms with Crippen LogP contribution in [0.1, 0.15) is 10.4 Å². The molecule has 1 aromatic heterocycles. The minimum absolute atomic E-state index is 0.00628. The Morgan fingerprint density at radius 1 is 1.12 bits per heavy atom. The number of hydrogen-bond acceptors (Lipinski definition) is 6. The van der Waals surface area contributed by atoms with Crippen LogP contribution in [0.5, 0.6) is 0 Å². The molecule has 2 rings (SSSR count). The molecule has 0 radical (unpaired) electrons. The Kier molecular flexibility index (Phi) is 3.08. The lowest BCUT2D eigenvalue weighted by Gasteiger charge is -2.11. The van der Waals surface area contributed by atoms with Crippen LogP contribution in [-0.2, 0) is 0 Å². The van der Waals surface area contributed by atoms with Gasteiger partial charge in [-0.1, -0.05) is 12.1 Å². The van der Waals surface area contributed by atoms with Gasteiger partial charge in [0.15, 0.2) is 12.1 Å². The average molecular weight is 231 g/mol. The molecule has 17 heavy (non-hydrogen) atoms. The molecule has 0 unspecified atom stereocenters. The van der Waals surface area contributed by atoms with Gasteiger partial charge >= 0.3 is 0 Å². The molecule has 86 valence electrons. The highest BCUT2D eigenvalue weighted by Crippen LogP contribution is 2.26. The third-order valence-corrected chi connectivity index (χ3v) is 2.17. The topological polar surface area (TPSA) is 86.6 Å². The zero-order valence-electron chi connectivity index (χ0n) is 8.69. The lowest BCUT2D eigenvalue weighted by atomic mass is 10.1. The van der Waals surface area contributed by atoms with E-state index in [2.05, 4.69) is 9.97 Å². The maximum absolute atomic E-state index is 10.5. The second kappa shape index (κ2) is 4.69. The van der Waals surface area contributed by atoms with E-state index in [4.69, 9.17) is 10.4 Å². The van der Waals surface area contributed by atoms with Crippen molar-refractivity contribution in [2.75, 3.05) is 5.23 Å². The Balaban J connectivity index is 2.48. The molecule has 2 N–H and O–H groups in total. The van der Waals surface area contributed by atoms with E-state index >= 15 is 0 Å². The maximum Gasteiger partial charge on any atom is 0.161 e. The van der Waals surface area contributed by atoms with Crippen molar-refractivity contribution in [2.24, 2.45) is 0 Å². The van der Waals surface area contributed by atoms with E-state index in [-0.39, 0.29) is 10.9 Å². The molecule has 6 nitrogen and oxygen atoms in total. The smallest absolute Gasteiger partial charge is 0.161 e. The molecular formula is C11H9N3O3. The number of rotatable bonds is 3. The van der Waals surface area contributed by atoms with E-state index < -0.39 is 0 Å². The van der Waals surface area contributed by atoms with Gasteiger partial charge in [-0.25, -0.2) is 9.97 Å². The number of carbonyl (C=O) groups is 1. The van der Waals surface area contributed by atoms with Gasteiger partial charge in [0.05, 0.1) is 5.56 Å². The van der Waals surface area contributed by atoms with Crippen molar-refractivity contribution in [3.63, 3.8) is 0 Å². The van der Waals surface area contributed by atoms with Gasteiger partial charge in [-0.15, -0.1) is 5.23 Å². The van der Waals surface area contributed by atoms with Crippen LogP contribution >= 0.6 is 0 Å². The predicted molar refractivity (Wildman–Crippen MR) is 58.9 cm³/mol. The monoisotopic (exact) mass is 231 g/mol. The van der Waals surface area contributed by atoms with Crippen molar-refractivity contribution in [1.29, 1.82) is 0 Å². The molecule has 0 saturated carbocycles. The second-order valence-electron chi connectivity index (χ2n) is 3.26. The van der Waals surface area contributed by atoms with Crippen molar-refractivity contribution >= 4 is 12.0 Å². The first-order valence-electron chi connectivity index (χ1n) is 4.77. The molecule has 1 aromatic carbocycles. The molecule has 0 bridgehead atoms. The fourth-order valence-electron chi connectivity index (χ4n) is 1.38. The van der Waals surface area contributed by atoms with Gasteiger partial charge in [-0.3, -0.25) is 15.2 Å². The number of anilines is 1. The molecule has 0 spiro atoms. The minimum Gasteiger partial charge on any atom is -0.298 e. The standard InChI is InChI=1S/C11H9N3O3/c15-7-8-5-12-11(13-6-8)9-3-1-2-4-10(9)14(16)17/h1-7,16-17H. The Hall–Kier alpha value is -2.31. The zero-order chi connectivity index (χ0) is 12.3. The van der Waals surface area contributed by atoms with Crippen molar-refractivity contribution in [3.05, 3.63) is 42.2 Å². The van der Waals surface area contributed by atoms with Crippen LogP contribution in [0.4, 0.5) is 5.69 Å². The number of nitrogens with zero attached hydrogens (tertiary/aromatic N) is 3. The molecule has 2 aromatic rings. The van der Waals surface area contributed by atoms with E-state index in [9.17, 15) is 4.79 Å². The van der Waals surface area contributed by atoms with Crippen molar-refractivity contribution in [2.45, 2.75) is 0 Å². The maximum atomic E-state index is 10.5. The first kappa shape index (κ1) is 11.2. The quantitative estimate of drug-likeness (QED) is 0.615. The van der Waals surface area contributed by atoms with Gasteiger partial charge in [-0.2, -0.15) is 0 Å². The molecule has 1 heterocycles. The van der Waals surface area contributed by atoms with E-state index in [0.717, 1.165) is 0 Å². The van der Waals surface area contributed by atoms with E-state index in [1.54, 1.807) is 18.2 Å². The summed E-state index contributed by atoms with van der Waals surface area (Å²) in [6.45, 7) is 0. The molecule has 0 saturated heterocycles. The van der Waals surface area contributed by atoms with Crippen LogP contribution in [0.15, 0.2) is 36.7 Å². The molecule has 0 atom stereocenters. The highest BCUT2D eigenvalue weighted by atomic mass is 16.8. The number of benzene rings is 1. The van der Waals surface area contributed by atoms with Gasteiger partial charge in [0, 0.05) is 18.0 Å². The summed E-state index contributed by atoms with van der Waals surface area (Å²) in [6.07, 6.45) is 3.37. The number of aromatic nitrogens is 2. The summed E-state index contributed by atoms with van der Waals surface area (Å²) in [4.78, 5) is 18.4. The van der Waals surface area contributed by atoms with Crippen LogP contribution in [0.25, 0.3) is 11.4 Å². The number of aldehydes is 1. The average Bonchev–Trinajstić information content (AvgIpc) is 2.39. The Bertz CT molecular complexity index is 526. The van der Waals surface area contributed by atoms with Gasteiger partial charge in [0.25, 0.3) is 0 Å². The molecule has 0 aliphatic heterocycles. The van der Waals surface area contributed by atoms with Crippen LogP contribution in [-0.4, -0.2) is 26.7 Å². The first-order valence-corrected chi connectivity index (χ1v) is 4.77. The molecule has 0 aliphatic rings. The van der Waals surface area contributed by atoms with Gasteiger partial charge in [0.2, 0.25) is 0 Å². The molecule has 0 fully saturated rings. The van der Waals surface area contributed by atoms with Gasteiger partial charge in [0.1, 0.15) is 5.69 Å². The second-order valence-corrected chi connectivity index (χ2v) is 3.26. The summed E-state index contributed by atoms with van der Waals surface area (Å²) in [5.41, 5.74) is 0.970. The van der Waals surface area contributed by atoms with Gasteiger partial charge in [-0.05, 0) is 12.1 Å². The van der Waals surface area contributed by atoms with Crippen LogP contribution in [0.2, 0.25) is 0 Å². The summed E-state index contributed by atoms with van der Waals surface area (Å²) in [5, 5.41) is 18.1. The van der Waals surface area contributed by atoms with Crippen molar-refractivity contribution in [3.8, 4) is 11.4 Å². The Morgan fingerprint density at radius 2 is 1.76 bits per heavy atom. The lowest BCUT2D eigenvalue weighted by molar-refractivity contribution is 0.0294. The van der Waals surface area contributed by atoms with Crippen molar-refractivity contribution < 1.29 is 15.2 Å². The Morgan fingerprint density at radius 3 is 2.35 bits per heavy atom. The summed E-state index contributed by atoms with van der Waals surface area (Å²) in [6, 6.07) is 6.52. The van der Waals surface area contributed by atoms with E-state index in [1.807, 2.05) is 0 Å². The molecule has 6 heteroatoms. The fraction of sp³-hybridized carbons (Fsp3) is 0. The predicted octanol–water partition coefficient (Wildman–Crippen LogP) is 1.54.